The van der Waals surface area contributed by atoms with Crippen LogP contribution >= 0.6 is 11.6 Å². The zero-order valence-electron chi connectivity index (χ0n) is 5.60. The lowest BCUT2D eigenvalue weighted by molar-refractivity contribution is 0.969. The minimum atomic E-state index is 0.636. The summed E-state index contributed by atoms with van der Waals surface area (Å²) in [5.41, 5.74) is 6.43. The molecule has 0 aliphatic carbocycles. The van der Waals surface area contributed by atoms with E-state index in [1.807, 2.05) is 12.1 Å². The second-order valence-electron chi connectivity index (χ2n) is 2.06. The Morgan fingerprint density at radius 2 is 2.40 bits per heavy atom. The smallest absolute Gasteiger partial charge is 0.0438 e. The van der Waals surface area contributed by atoms with Gasteiger partial charge in [0, 0.05) is 5.02 Å². The van der Waals surface area contributed by atoms with E-state index in [0.29, 0.717) is 6.54 Å². The Morgan fingerprint density at radius 1 is 1.60 bits per heavy atom. The minimum absolute atomic E-state index is 0.636. The minimum Gasteiger partial charge on any atom is -0.330 e. The van der Waals surface area contributed by atoms with Crippen molar-refractivity contribution >= 4 is 11.6 Å². The van der Waals surface area contributed by atoms with E-state index in [1.54, 1.807) is 6.07 Å². The Balaban J connectivity index is 2.81. The molecular formula is C8H9ClN. The van der Waals surface area contributed by atoms with Crippen LogP contribution in [0.3, 0.4) is 0 Å². The van der Waals surface area contributed by atoms with E-state index in [1.165, 1.54) is 0 Å². The lowest BCUT2D eigenvalue weighted by atomic mass is 10.1. The number of hydrogen-bond acceptors (Lipinski definition) is 1. The summed E-state index contributed by atoms with van der Waals surface area (Å²) in [6, 6.07) is 8.44. The molecule has 0 unspecified atom stereocenters. The lowest BCUT2D eigenvalue weighted by Gasteiger charge is -1.98. The molecule has 1 aromatic rings. The van der Waals surface area contributed by atoms with E-state index >= 15 is 0 Å². The highest BCUT2D eigenvalue weighted by Gasteiger charge is 1.94. The van der Waals surface area contributed by atoms with Gasteiger partial charge in [0.05, 0.1) is 0 Å². The average molecular weight is 155 g/mol. The Labute approximate surface area is 65.8 Å². The summed E-state index contributed by atoms with van der Waals surface area (Å²) in [5.74, 6) is 0. The van der Waals surface area contributed by atoms with Gasteiger partial charge < -0.3 is 5.73 Å². The molecule has 0 aromatic heterocycles. The molecule has 1 radical (unpaired) electrons. The molecule has 0 heterocycles. The molecule has 0 fully saturated rings. The first kappa shape index (κ1) is 7.58. The molecule has 1 aromatic carbocycles. The molecule has 0 aliphatic heterocycles. The third-order valence-corrected chi connectivity index (χ3v) is 1.67. The molecule has 0 bridgehead atoms. The van der Waals surface area contributed by atoms with Gasteiger partial charge in [-0.25, -0.2) is 0 Å². The van der Waals surface area contributed by atoms with Gasteiger partial charge in [-0.15, -0.1) is 0 Å². The molecule has 2 heteroatoms. The second-order valence-corrected chi connectivity index (χ2v) is 2.46. The van der Waals surface area contributed by atoms with Crippen LogP contribution in [0.25, 0.3) is 0 Å². The average Bonchev–Trinajstić information content (AvgIpc) is 1.94. The summed E-state index contributed by atoms with van der Waals surface area (Å²) in [6.45, 7) is 0.636. The molecule has 0 saturated carbocycles. The summed E-state index contributed by atoms with van der Waals surface area (Å²) in [4.78, 5) is 0. The van der Waals surface area contributed by atoms with Crippen molar-refractivity contribution in [1.29, 1.82) is 0 Å². The van der Waals surface area contributed by atoms with Crippen molar-refractivity contribution in [3.63, 3.8) is 0 Å². The first-order valence-electron chi connectivity index (χ1n) is 3.19. The van der Waals surface area contributed by atoms with Gasteiger partial charge in [-0.05, 0) is 36.7 Å². The van der Waals surface area contributed by atoms with Gasteiger partial charge in [-0.1, -0.05) is 17.7 Å². The molecular weight excluding hydrogens is 146 g/mol. The van der Waals surface area contributed by atoms with Gasteiger partial charge in [0.15, 0.2) is 0 Å². The van der Waals surface area contributed by atoms with Crippen molar-refractivity contribution in [2.45, 2.75) is 6.42 Å². The summed E-state index contributed by atoms with van der Waals surface area (Å²) >= 11 is 5.83. The van der Waals surface area contributed by atoms with Crippen molar-refractivity contribution in [2.24, 2.45) is 5.73 Å². The third-order valence-electron chi connectivity index (χ3n) is 1.30. The monoisotopic (exact) mass is 154 g/mol. The maximum atomic E-state index is 5.83. The summed E-state index contributed by atoms with van der Waals surface area (Å²) in [7, 11) is 0. The molecule has 53 valence electrons. The third kappa shape index (κ3) is 1.72. The van der Waals surface area contributed by atoms with Crippen LogP contribution in [0.4, 0.5) is 0 Å². The summed E-state index contributed by atoms with van der Waals surface area (Å²) in [6.07, 6.45) is 0.830. The molecule has 0 aliphatic rings. The second kappa shape index (κ2) is 3.59. The number of halogens is 1. The van der Waals surface area contributed by atoms with Gasteiger partial charge in [0.1, 0.15) is 0 Å². The van der Waals surface area contributed by atoms with E-state index in [-0.39, 0.29) is 0 Å². The number of rotatable bonds is 2. The highest BCUT2D eigenvalue weighted by Crippen LogP contribution is 2.13. The fourth-order valence-corrected chi connectivity index (χ4v) is 1.01. The van der Waals surface area contributed by atoms with Crippen LogP contribution in [-0.2, 0) is 6.42 Å². The van der Waals surface area contributed by atoms with Crippen molar-refractivity contribution < 1.29 is 0 Å². The van der Waals surface area contributed by atoms with E-state index in [2.05, 4.69) is 6.07 Å². The van der Waals surface area contributed by atoms with Gasteiger partial charge in [-0.2, -0.15) is 0 Å². The number of nitrogens with two attached hydrogens (primary N) is 1. The summed E-state index contributed by atoms with van der Waals surface area (Å²) < 4.78 is 0. The topological polar surface area (TPSA) is 26.0 Å². The zero-order valence-corrected chi connectivity index (χ0v) is 6.36. The van der Waals surface area contributed by atoms with Gasteiger partial charge in [0.25, 0.3) is 0 Å². The van der Waals surface area contributed by atoms with Crippen LogP contribution in [0, 0.1) is 6.07 Å². The molecule has 2 N–H and O–H groups in total. The normalized spacial score (nSPS) is 9.80. The SMILES string of the molecule is NCCc1c[c]ccc1Cl. The van der Waals surface area contributed by atoms with Crippen molar-refractivity contribution in [3.05, 3.63) is 34.9 Å². The predicted molar refractivity (Wildman–Crippen MR) is 43.0 cm³/mol. The largest absolute Gasteiger partial charge is 0.330 e. The molecule has 0 amide bonds. The van der Waals surface area contributed by atoms with Crippen LogP contribution in [0.15, 0.2) is 18.2 Å². The fourth-order valence-electron chi connectivity index (χ4n) is 0.793. The first-order valence-corrected chi connectivity index (χ1v) is 3.57. The van der Waals surface area contributed by atoms with Crippen LogP contribution < -0.4 is 5.73 Å². The number of benzene rings is 1. The van der Waals surface area contributed by atoms with E-state index < -0.39 is 0 Å². The first-order chi connectivity index (χ1) is 4.84. The van der Waals surface area contributed by atoms with Crippen LogP contribution in [-0.4, -0.2) is 6.54 Å². The fraction of sp³-hybridized carbons (Fsp3) is 0.250. The highest BCUT2D eigenvalue weighted by atomic mass is 35.5. The van der Waals surface area contributed by atoms with E-state index in [9.17, 15) is 0 Å². The molecule has 0 saturated heterocycles. The van der Waals surface area contributed by atoms with Crippen molar-refractivity contribution in [2.75, 3.05) is 6.54 Å². The van der Waals surface area contributed by atoms with Crippen LogP contribution in [0.2, 0.25) is 5.02 Å². The van der Waals surface area contributed by atoms with E-state index in [4.69, 9.17) is 17.3 Å². The quantitative estimate of drug-likeness (QED) is 0.689. The highest BCUT2D eigenvalue weighted by molar-refractivity contribution is 6.31. The maximum absolute atomic E-state index is 5.83. The zero-order chi connectivity index (χ0) is 7.40. The molecule has 10 heavy (non-hydrogen) atoms. The number of hydrogen-bond donors (Lipinski definition) is 1. The van der Waals surface area contributed by atoms with Gasteiger partial charge in [0.2, 0.25) is 0 Å². The Hall–Kier alpha value is -0.530. The van der Waals surface area contributed by atoms with Crippen LogP contribution in [0.5, 0.6) is 0 Å². The summed E-state index contributed by atoms with van der Waals surface area (Å²) in [5, 5.41) is 0.782. The molecule has 0 atom stereocenters. The van der Waals surface area contributed by atoms with E-state index in [0.717, 1.165) is 17.0 Å². The van der Waals surface area contributed by atoms with Crippen molar-refractivity contribution in [3.8, 4) is 0 Å². The standard InChI is InChI=1S/C8H9ClN/c9-8-4-2-1-3-7(8)5-6-10/h2-4H,5-6,10H2. The lowest BCUT2D eigenvalue weighted by Crippen LogP contribution is -2.02. The van der Waals surface area contributed by atoms with Gasteiger partial charge >= 0.3 is 0 Å². The maximum Gasteiger partial charge on any atom is 0.0438 e. The predicted octanol–water partition coefficient (Wildman–Crippen LogP) is 1.64. The van der Waals surface area contributed by atoms with Crippen molar-refractivity contribution in [1.82, 2.24) is 0 Å². The molecule has 1 nitrogen and oxygen atoms in total. The molecule has 1 rings (SSSR count). The Kier molecular flexibility index (Phi) is 2.72. The van der Waals surface area contributed by atoms with Gasteiger partial charge in [-0.3, -0.25) is 0 Å². The van der Waals surface area contributed by atoms with Crippen LogP contribution in [0.1, 0.15) is 5.56 Å². The Bertz CT molecular complexity index is 210. The molecule has 0 spiro atoms. The Morgan fingerprint density at radius 3 is 3.00 bits per heavy atom.